The molecule has 7 heteroatoms. The van der Waals surface area contributed by atoms with Gasteiger partial charge in [0, 0.05) is 15.8 Å². The smallest absolute Gasteiger partial charge is 0.173 e. The van der Waals surface area contributed by atoms with Crippen LogP contribution in [0.5, 0.6) is 0 Å². The lowest BCUT2D eigenvalue weighted by Crippen LogP contribution is -2.04. The lowest BCUT2D eigenvalue weighted by molar-refractivity contribution is 0.102. The highest BCUT2D eigenvalue weighted by Crippen LogP contribution is 2.31. The number of thioether (sulfide) groups is 1. The van der Waals surface area contributed by atoms with Crippen LogP contribution in [0.25, 0.3) is 10.2 Å². The lowest BCUT2D eigenvalue weighted by atomic mass is 10.1. The summed E-state index contributed by atoms with van der Waals surface area (Å²) in [6.45, 7) is 2.07. The molecule has 3 aromatic rings. The minimum atomic E-state index is -1.02. The van der Waals surface area contributed by atoms with E-state index in [0.717, 1.165) is 33.8 Å². The van der Waals surface area contributed by atoms with Crippen LogP contribution < -0.4 is 0 Å². The minimum absolute atomic E-state index is 0.106. The number of ketones is 1. The monoisotopic (exact) mass is 350 g/mol. The number of hydrogen-bond donors (Lipinski definition) is 0. The molecule has 118 valence electrons. The van der Waals surface area contributed by atoms with Crippen LogP contribution in [0.1, 0.15) is 22.2 Å². The molecule has 2 aromatic heterocycles. The molecule has 1 aromatic carbocycles. The van der Waals surface area contributed by atoms with Crippen molar-refractivity contribution in [2.45, 2.75) is 18.4 Å². The summed E-state index contributed by atoms with van der Waals surface area (Å²) in [4.78, 5) is 22.7. The number of thiophene rings is 1. The van der Waals surface area contributed by atoms with Crippen molar-refractivity contribution in [1.82, 2.24) is 9.97 Å². The van der Waals surface area contributed by atoms with Crippen molar-refractivity contribution in [3.05, 3.63) is 52.7 Å². The standard InChI is InChI=1S/C16H12F2N2OS2/c1-2-10-6-11-15(19-8-20-16(11)23-10)22-7-14(21)9-3-4-12(17)13(18)5-9/h3-6,8H,2,7H2,1H3. The number of Topliss-reactive ketones (excluding diaryl/α,β-unsaturated/α-hetero) is 1. The average molecular weight is 350 g/mol. The predicted octanol–water partition coefficient (Wildman–Crippen LogP) is 4.51. The second kappa shape index (κ2) is 6.72. The summed E-state index contributed by atoms with van der Waals surface area (Å²) >= 11 is 2.88. The normalized spacial score (nSPS) is 11.1. The van der Waals surface area contributed by atoms with E-state index in [1.54, 1.807) is 11.3 Å². The number of carbonyl (C=O) groups is 1. The maximum absolute atomic E-state index is 13.2. The SMILES string of the molecule is CCc1cc2c(SCC(=O)c3ccc(F)c(F)c3)ncnc2s1. The van der Waals surface area contributed by atoms with Gasteiger partial charge in [0.1, 0.15) is 16.2 Å². The van der Waals surface area contributed by atoms with Gasteiger partial charge in [0.25, 0.3) is 0 Å². The van der Waals surface area contributed by atoms with E-state index >= 15 is 0 Å². The summed E-state index contributed by atoms with van der Waals surface area (Å²) in [6, 6.07) is 5.21. The van der Waals surface area contributed by atoms with Gasteiger partial charge in [-0.15, -0.1) is 11.3 Å². The lowest BCUT2D eigenvalue weighted by Gasteiger charge is -2.03. The van der Waals surface area contributed by atoms with Crippen LogP contribution >= 0.6 is 23.1 Å². The summed E-state index contributed by atoms with van der Waals surface area (Å²) in [5.41, 5.74) is 0.154. The molecule has 0 amide bonds. The van der Waals surface area contributed by atoms with Gasteiger partial charge < -0.3 is 0 Å². The number of aromatic nitrogens is 2. The van der Waals surface area contributed by atoms with Crippen molar-refractivity contribution in [2.24, 2.45) is 0 Å². The van der Waals surface area contributed by atoms with Crippen molar-refractivity contribution >= 4 is 39.1 Å². The second-order valence-electron chi connectivity index (χ2n) is 4.80. The number of benzene rings is 1. The molecule has 0 aliphatic heterocycles. The van der Waals surface area contributed by atoms with Crippen LogP contribution in [0.4, 0.5) is 8.78 Å². The molecule has 0 fully saturated rings. The summed E-state index contributed by atoms with van der Waals surface area (Å²) in [5.74, 6) is -2.14. The molecule has 0 spiro atoms. The second-order valence-corrected chi connectivity index (χ2v) is 6.88. The molecule has 3 rings (SSSR count). The molecule has 0 radical (unpaired) electrons. The van der Waals surface area contributed by atoms with E-state index in [0.29, 0.717) is 0 Å². The summed E-state index contributed by atoms with van der Waals surface area (Å²) in [5, 5.41) is 1.65. The van der Waals surface area contributed by atoms with Crippen LogP contribution in [-0.2, 0) is 6.42 Å². The first-order chi connectivity index (χ1) is 11.1. The van der Waals surface area contributed by atoms with E-state index in [1.165, 1.54) is 29.0 Å². The molecule has 3 nitrogen and oxygen atoms in total. The van der Waals surface area contributed by atoms with Gasteiger partial charge in [-0.25, -0.2) is 18.7 Å². The Hall–Kier alpha value is -1.86. The number of rotatable bonds is 5. The molecule has 0 aliphatic rings. The van der Waals surface area contributed by atoms with Gasteiger partial charge in [0.05, 0.1) is 5.75 Å². The largest absolute Gasteiger partial charge is 0.293 e. The van der Waals surface area contributed by atoms with Crippen LogP contribution in [-0.4, -0.2) is 21.5 Å². The molecular weight excluding hydrogens is 338 g/mol. The summed E-state index contributed by atoms with van der Waals surface area (Å²) in [6.07, 6.45) is 2.39. The zero-order chi connectivity index (χ0) is 16.4. The average Bonchev–Trinajstić information content (AvgIpc) is 2.99. The Balaban J connectivity index is 1.78. The van der Waals surface area contributed by atoms with Gasteiger partial charge in [-0.3, -0.25) is 4.79 Å². The van der Waals surface area contributed by atoms with Crippen molar-refractivity contribution in [3.63, 3.8) is 0 Å². The van der Waals surface area contributed by atoms with Crippen LogP contribution in [0, 0.1) is 11.6 Å². The maximum atomic E-state index is 13.2. The molecular formula is C16H12F2N2OS2. The van der Waals surface area contributed by atoms with Crippen molar-refractivity contribution < 1.29 is 13.6 Å². The quantitative estimate of drug-likeness (QED) is 0.386. The molecule has 0 unspecified atom stereocenters. The molecule has 0 N–H and O–H groups in total. The molecule has 0 saturated heterocycles. The fourth-order valence-electron chi connectivity index (χ4n) is 2.06. The van der Waals surface area contributed by atoms with Crippen molar-refractivity contribution in [1.29, 1.82) is 0 Å². The molecule has 0 saturated carbocycles. The van der Waals surface area contributed by atoms with Crippen LogP contribution in [0.15, 0.2) is 35.6 Å². The fourth-order valence-corrected chi connectivity index (χ4v) is 3.93. The van der Waals surface area contributed by atoms with E-state index in [4.69, 9.17) is 0 Å². The Morgan fingerprint density at radius 3 is 2.78 bits per heavy atom. The van der Waals surface area contributed by atoms with Gasteiger partial charge in [-0.2, -0.15) is 0 Å². The highest BCUT2D eigenvalue weighted by Gasteiger charge is 2.13. The first-order valence-corrected chi connectivity index (χ1v) is 8.73. The molecule has 0 bridgehead atoms. The third-order valence-electron chi connectivity index (χ3n) is 3.27. The molecule has 2 heterocycles. The van der Waals surface area contributed by atoms with E-state index in [-0.39, 0.29) is 17.1 Å². The van der Waals surface area contributed by atoms with Crippen molar-refractivity contribution in [2.75, 3.05) is 5.75 Å². The summed E-state index contributed by atoms with van der Waals surface area (Å²) in [7, 11) is 0. The highest BCUT2D eigenvalue weighted by atomic mass is 32.2. The Morgan fingerprint density at radius 1 is 1.22 bits per heavy atom. The van der Waals surface area contributed by atoms with Crippen LogP contribution in [0.3, 0.4) is 0 Å². The Bertz CT molecular complexity index is 880. The number of carbonyl (C=O) groups excluding carboxylic acids is 1. The zero-order valence-corrected chi connectivity index (χ0v) is 13.8. The topological polar surface area (TPSA) is 42.9 Å². The molecule has 0 aliphatic carbocycles. The minimum Gasteiger partial charge on any atom is -0.293 e. The Kier molecular flexibility index (Phi) is 4.68. The number of nitrogens with zero attached hydrogens (tertiary/aromatic N) is 2. The van der Waals surface area contributed by atoms with E-state index < -0.39 is 11.6 Å². The van der Waals surface area contributed by atoms with Gasteiger partial charge in [0.2, 0.25) is 0 Å². The van der Waals surface area contributed by atoms with Gasteiger partial charge in [-0.05, 0) is 30.7 Å². The number of aryl methyl sites for hydroxylation is 1. The van der Waals surface area contributed by atoms with Gasteiger partial charge >= 0.3 is 0 Å². The third kappa shape index (κ3) is 3.40. The van der Waals surface area contributed by atoms with E-state index in [1.807, 2.05) is 6.07 Å². The fraction of sp³-hybridized carbons (Fsp3) is 0.188. The first-order valence-electron chi connectivity index (χ1n) is 6.93. The zero-order valence-electron chi connectivity index (χ0n) is 12.2. The predicted molar refractivity (Wildman–Crippen MR) is 88.2 cm³/mol. The molecule has 23 heavy (non-hydrogen) atoms. The van der Waals surface area contributed by atoms with Crippen molar-refractivity contribution in [3.8, 4) is 0 Å². The maximum Gasteiger partial charge on any atom is 0.173 e. The van der Waals surface area contributed by atoms with Crippen LogP contribution in [0.2, 0.25) is 0 Å². The van der Waals surface area contributed by atoms with E-state index in [9.17, 15) is 13.6 Å². The number of fused-ring (bicyclic) bond motifs is 1. The summed E-state index contributed by atoms with van der Waals surface area (Å²) < 4.78 is 26.1. The van der Waals surface area contributed by atoms with Gasteiger partial charge in [0.15, 0.2) is 17.4 Å². The van der Waals surface area contributed by atoms with Gasteiger partial charge in [-0.1, -0.05) is 18.7 Å². The van der Waals surface area contributed by atoms with E-state index in [2.05, 4.69) is 16.9 Å². The number of halogens is 2. The highest BCUT2D eigenvalue weighted by molar-refractivity contribution is 8.00. The molecule has 0 atom stereocenters. The third-order valence-corrected chi connectivity index (χ3v) is 5.47. The number of hydrogen-bond acceptors (Lipinski definition) is 5. The Morgan fingerprint density at radius 2 is 2.04 bits per heavy atom. The Labute approximate surface area is 139 Å². The first kappa shape index (κ1) is 16.0.